The van der Waals surface area contributed by atoms with E-state index in [0.29, 0.717) is 0 Å². The fourth-order valence-electron chi connectivity index (χ4n) is 0.290. The van der Waals surface area contributed by atoms with Gasteiger partial charge in [0, 0.05) is 13.0 Å². The maximum absolute atomic E-state index is 10.2. The van der Waals surface area contributed by atoms with E-state index < -0.39 is 11.3 Å². The average Bonchev–Trinajstić information content (AvgIpc) is 1.87. The lowest BCUT2D eigenvalue weighted by Crippen LogP contribution is -2.23. The van der Waals surface area contributed by atoms with Crippen molar-refractivity contribution in [3.8, 4) is 0 Å². The summed E-state index contributed by atoms with van der Waals surface area (Å²) in [5, 5.41) is 1.65. The van der Waals surface area contributed by atoms with Crippen molar-refractivity contribution >= 4 is 34.8 Å². The molecule has 0 spiro atoms. The summed E-state index contributed by atoms with van der Waals surface area (Å²) >= 11 is 9.58. The molecule has 10 heavy (non-hydrogen) atoms. The second kappa shape index (κ2) is 5.32. The molecule has 0 saturated carbocycles. The monoisotopic (exact) mass is 185 g/mol. The summed E-state index contributed by atoms with van der Waals surface area (Å²) in [5.41, 5.74) is 0. The van der Waals surface area contributed by atoms with Gasteiger partial charge in [-0.2, -0.15) is 0 Å². The Kier molecular flexibility index (Phi) is 5.06. The van der Waals surface area contributed by atoms with E-state index >= 15 is 0 Å². The van der Waals surface area contributed by atoms with Crippen molar-refractivity contribution < 1.29 is 13.9 Å². The lowest BCUT2D eigenvalue weighted by molar-refractivity contribution is -0.111. The first-order valence-electron chi connectivity index (χ1n) is 2.41. The maximum Gasteiger partial charge on any atom is 0.425 e. The highest BCUT2D eigenvalue weighted by atomic mass is 35.5. The molecule has 0 aromatic heterocycles. The molecule has 1 N–H and O–H groups in total. The molecule has 0 heterocycles. The van der Waals surface area contributed by atoms with E-state index in [4.69, 9.17) is 11.6 Å². The topological polar surface area (TPSA) is 55.4 Å². The maximum atomic E-state index is 10.2. The summed E-state index contributed by atoms with van der Waals surface area (Å²) in [6.07, 6.45) is -0.729. The van der Waals surface area contributed by atoms with Gasteiger partial charge in [-0.05, 0) is 11.6 Å². The zero-order chi connectivity index (χ0) is 7.98. The predicted octanol–water partition coefficient (Wildman–Crippen LogP) is 1.02. The van der Waals surface area contributed by atoms with Crippen LogP contribution in [0.3, 0.4) is 0 Å². The molecular formula is C4H5Cl2NO3. The highest BCUT2D eigenvalue weighted by Crippen LogP contribution is 1.87. The minimum Gasteiger partial charge on any atom is -0.330 e. The number of rotatable bonds is 3. The van der Waals surface area contributed by atoms with Crippen LogP contribution in [0, 0.1) is 0 Å². The molecule has 0 radical (unpaired) electrons. The molecule has 58 valence electrons. The Balaban J connectivity index is 3.20. The first kappa shape index (κ1) is 9.52. The normalized spacial score (nSPS) is 8.60. The molecular weight excluding hydrogens is 181 g/mol. The lowest BCUT2D eigenvalue weighted by Gasteiger charge is -1.96. The van der Waals surface area contributed by atoms with Gasteiger partial charge in [0.05, 0.1) is 0 Å². The summed E-state index contributed by atoms with van der Waals surface area (Å²) in [6, 6.07) is 0. The quantitative estimate of drug-likeness (QED) is 0.669. The molecule has 0 aromatic carbocycles. The molecule has 0 aromatic rings. The molecule has 0 aliphatic carbocycles. The zero-order valence-electron chi connectivity index (χ0n) is 4.89. The second-order valence-electron chi connectivity index (χ2n) is 1.40. The molecule has 0 rings (SSSR count). The first-order chi connectivity index (χ1) is 4.66. The fourth-order valence-corrected chi connectivity index (χ4v) is 0.439. The Morgan fingerprint density at radius 3 is 2.50 bits per heavy atom. The first-order valence-corrected chi connectivity index (χ1v) is 3.10. The molecule has 6 heteroatoms. The van der Waals surface area contributed by atoms with E-state index in [1.54, 1.807) is 0 Å². The zero-order valence-corrected chi connectivity index (χ0v) is 6.41. The van der Waals surface area contributed by atoms with Crippen molar-refractivity contribution in [2.75, 3.05) is 6.54 Å². The van der Waals surface area contributed by atoms with Gasteiger partial charge < -0.3 is 9.61 Å². The Bertz CT molecular complexity index is 138. The Hall–Kier alpha value is -0.480. The molecule has 0 fully saturated rings. The molecule has 0 atom stereocenters. The highest BCUT2D eigenvalue weighted by molar-refractivity contribution is 6.63. The summed E-state index contributed by atoms with van der Waals surface area (Å²) in [5.74, 6) is 0. The van der Waals surface area contributed by atoms with Crippen LogP contribution >= 0.6 is 23.5 Å². The van der Waals surface area contributed by atoms with Crippen molar-refractivity contribution in [3.05, 3.63) is 0 Å². The largest absolute Gasteiger partial charge is 0.425 e. The second-order valence-corrected chi connectivity index (χ2v) is 1.97. The third kappa shape index (κ3) is 5.65. The number of amides is 1. The van der Waals surface area contributed by atoms with Crippen molar-refractivity contribution in [1.82, 2.24) is 5.32 Å². The number of carbonyl (C=O) groups is 2. The fraction of sp³-hybridized carbons (Fsp3) is 0.500. The number of hydrogen-bond donors (Lipinski definition) is 1. The molecule has 1 amide bonds. The van der Waals surface area contributed by atoms with Gasteiger partial charge in [0.2, 0.25) is 5.24 Å². The van der Waals surface area contributed by atoms with Gasteiger partial charge in [-0.3, -0.25) is 4.79 Å². The Morgan fingerprint density at radius 1 is 1.50 bits per heavy atom. The van der Waals surface area contributed by atoms with Crippen LogP contribution in [0.1, 0.15) is 6.42 Å². The van der Waals surface area contributed by atoms with Crippen LogP contribution in [-0.4, -0.2) is 17.9 Å². The van der Waals surface area contributed by atoms with Gasteiger partial charge in [-0.25, -0.2) is 4.79 Å². The van der Waals surface area contributed by atoms with Crippen LogP contribution in [0.5, 0.6) is 0 Å². The van der Waals surface area contributed by atoms with Crippen molar-refractivity contribution in [1.29, 1.82) is 0 Å². The highest BCUT2D eigenvalue weighted by Gasteiger charge is 2.00. The predicted molar refractivity (Wildman–Crippen MR) is 35.8 cm³/mol. The van der Waals surface area contributed by atoms with Gasteiger partial charge in [-0.1, -0.05) is 0 Å². The van der Waals surface area contributed by atoms with E-state index in [1.165, 1.54) is 0 Å². The Labute approximate surface area is 67.6 Å². The summed E-state index contributed by atoms with van der Waals surface area (Å²) in [7, 11) is 0. The van der Waals surface area contributed by atoms with Crippen LogP contribution < -0.4 is 5.32 Å². The smallest absolute Gasteiger partial charge is 0.330 e. The molecule has 4 nitrogen and oxygen atoms in total. The minimum atomic E-state index is -0.792. The number of carbonyl (C=O) groups excluding carboxylic acids is 2. The third-order valence-corrected chi connectivity index (χ3v) is 0.990. The lowest BCUT2D eigenvalue weighted by atomic mass is 10.5. The van der Waals surface area contributed by atoms with Gasteiger partial charge >= 0.3 is 6.09 Å². The average molecular weight is 186 g/mol. The van der Waals surface area contributed by atoms with Gasteiger partial charge in [0.15, 0.2) is 0 Å². The van der Waals surface area contributed by atoms with Crippen LogP contribution in [0.2, 0.25) is 0 Å². The van der Waals surface area contributed by atoms with Crippen LogP contribution in [0.4, 0.5) is 4.79 Å². The minimum absolute atomic E-state index is 0.0630. The van der Waals surface area contributed by atoms with E-state index in [-0.39, 0.29) is 13.0 Å². The molecule has 0 aliphatic heterocycles. The van der Waals surface area contributed by atoms with Crippen molar-refractivity contribution in [3.63, 3.8) is 0 Å². The van der Waals surface area contributed by atoms with Crippen LogP contribution in [0.25, 0.3) is 0 Å². The van der Waals surface area contributed by atoms with E-state index in [1.807, 2.05) is 0 Å². The third-order valence-electron chi connectivity index (χ3n) is 0.661. The Morgan fingerprint density at radius 2 is 2.10 bits per heavy atom. The van der Waals surface area contributed by atoms with Gasteiger partial charge in [0.1, 0.15) is 11.9 Å². The summed E-state index contributed by atoms with van der Waals surface area (Å²) in [4.78, 5) is 20.2. The summed E-state index contributed by atoms with van der Waals surface area (Å²) < 4.78 is 3.70. The summed E-state index contributed by atoms with van der Waals surface area (Å²) in [6.45, 7) is 0.133. The van der Waals surface area contributed by atoms with E-state index in [2.05, 4.69) is 21.5 Å². The standard InChI is InChI=1S/C4H5Cl2NO3/c5-3(8)1-2-7-4(9)10-6/h1-2H2,(H,7,9). The molecule has 0 saturated heterocycles. The number of hydrogen-bond acceptors (Lipinski definition) is 3. The van der Waals surface area contributed by atoms with E-state index in [0.717, 1.165) is 0 Å². The number of nitrogens with one attached hydrogen (secondary N) is 1. The molecule has 0 bridgehead atoms. The van der Waals surface area contributed by atoms with Crippen LogP contribution in [-0.2, 0) is 9.08 Å². The van der Waals surface area contributed by atoms with Crippen LogP contribution in [0.15, 0.2) is 0 Å². The molecule has 0 aliphatic rings. The van der Waals surface area contributed by atoms with Crippen molar-refractivity contribution in [2.24, 2.45) is 0 Å². The number of halogens is 2. The van der Waals surface area contributed by atoms with Crippen molar-refractivity contribution in [2.45, 2.75) is 6.42 Å². The molecule has 0 unspecified atom stereocenters. The van der Waals surface area contributed by atoms with Gasteiger partial charge in [-0.15, -0.1) is 0 Å². The van der Waals surface area contributed by atoms with Gasteiger partial charge in [0.25, 0.3) is 0 Å². The SMILES string of the molecule is O=C(Cl)CCNC(=O)OCl. The van der Waals surface area contributed by atoms with E-state index in [9.17, 15) is 9.59 Å².